The van der Waals surface area contributed by atoms with Crippen LogP contribution in [-0.2, 0) is 10.0 Å². The molecule has 0 saturated heterocycles. The highest BCUT2D eigenvalue weighted by Crippen LogP contribution is 2.30. The van der Waals surface area contributed by atoms with Crippen molar-refractivity contribution in [1.29, 1.82) is 5.26 Å². The van der Waals surface area contributed by atoms with Crippen molar-refractivity contribution >= 4 is 26.0 Å². The molecule has 0 amide bonds. The Bertz CT molecular complexity index is 568. The van der Waals surface area contributed by atoms with E-state index >= 15 is 0 Å². The first-order chi connectivity index (χ1) is 7.27. The highest BCUT2D eigenvalue weighted by atomic mass is 79.9. The number of nitrogens with two attached hydrogens (primary N) is 1. The van der Waals surface area contributed by atoms with E-state index in [2.05, 4.69) is 20.9 Å². The average molecular weight is 312 g/mol. The van der Waals surface area contributed by atoms with Gasteiger partial charge in [-0.05, 0) is 22.0 Å². The van der Waals surface area contributed by atoms with E-state index in [-0.39, 0.29) is 10.2 Å². The Balaban J connectivity index is 3.68. The summed E-state index contributed by atoms with van der Waals surface area (Å²) in [6.45, 7) is 0. The highest BCUT2D eigenvalue weighted by molar-refractivity contribution is 9.10. The van der Waals surface area contributed by atoms with Gasteiger partial charge in [0, 0.05) is 4.47 Å². The van der Waals surface area contributed by atoms with Gasteiger partial charge in [0.05, 0.1) is 0 Å². The third-order valence-corrected chi connectivity index (χ3v) is 3.45. The molecule has 0 aromatic carbocycles. The predicted octanol–water partition coefficient (Wildman–Crippen LogP) is 1.30. The molecule has 1 heterocycles. The molecule has 0 aliphatic heterocycles. The van der Waals surface area contributed by atoms with Crippen molar-refractivity contribution in [3.05, 3.63) is 21.9 Å². The van der Waals surface area contributed by atoms with Gasteiger partial charge in [-0.3, -0.25) is 0 Å². The number of pyridine rings is 1. The van der Waals surface area contributed by atoms with Crippen LogP contribution in [-0.4, -0.2) is 13.4 Å². The maximum Gasteiger partial charge on any atom is 0.281 e. The maximum atomic E-state index is 12.5. The lowest BCUT2D eigenvalue weighted by molar-refractivity contribution is 0.142. The van der Waals surface area contributed by atoms with Crippen molar-refractivity contribution in [2.75, 3.05) is 0 Å². The molecule has 0 atom stereocenters. The quantitative estimate of drug-likeness (QED) is 0.890. The van der Waals surface area contributed by atoms with Crippen LogP contribution in [0.15, 0.2) is 15.4 Å². The van der Waals surface area contributed by atoms with Crippen molar-refractivity contribution in [2.45, 2.75) is 11.3 Å². The normalized spacial score (nSPS) is 11.5. The fraction of sp³-hybridized carbons (Fsp3) is 0.143. The van der Waals surface area contributed by atoms with E-state index in [0.717, 1.165) is 6.07 Å². The van der Waals surface area contributed by atoms with Crippen LogP contribution in [0.25, 0.3) is 0 Å². The van der Waals surface area contributed by atoms with E-state index in [1.807, 2.05) is 0 Å². The van der Waals surface area contributed by atoms with Gasteiger partial charge in [0.15, 0.2) is 0 Å². The molecular formula is C7H4BrF2N3O2S. The Labute approximate surface area is 98.1 Å². The SMILES string of the molecule is N#Cc1cc(Br)c(S(N)(=O)=O)c(C(F)F)n1. The van der Waals surface area contributed by atoms with Crippen molar-refractivity contribution in [1.82, 2.24) is 4.98 Å². The van der Waals surface area contributed by atoms with Gasteiger partial charge >= 0.3 is 0 Å². The second-order valence-corrected chi connectivity index (χ2v) is 5.01. The smallest absolute Gasteiger partial charge is 0.235 e. The van der Waals surface area contributed by atoms with Gasteiger partial charge in [-0.15, -0.1) is 0 Å². The zero-order valence-corrected chi connectivity index (χ0v) is 9.89. The summed E-state index contributed by atoms with van der Waals surface area (Å²) in [6.07, 6.45) is -3.14. The van der Waals surface area contributed by atoms with E-state index < -0.39 is 27.0 Å². The molecule has 0 bridgehead atoms. The second-order valence-electron chi connectivity index (χ2n) is 2.66. The van der Waals surface area contributed by atoms with Crippen molar-refractivity contribution in [3.8, 4) is 6.07 Å². The van der Waals surface area contributed by atoms with Crippen LogP contribution < -0.4 is 5.14 Å². The number of hydrogen-bond donors (Lipinski definition) is 1. The van der Waals surface area contributed by atoms with Crippen LogP contribution in [0.2, 0.25) is 0 Å². The van der Waals surface area contributed by atoms with Crippen LogP contribution in [0, 0.1) is 11.3 Å². The fourth-order valence-electron chi connectivity index (χ4n) is 1.01. The molecule has 0 spiro atoms. The number of rotatable bonds is 2. The zero-order chi connectivity index (χ0) is 12.5. The van der Waals surface area contributed by atoms with Gasteiger partial charge in [0.2, 0.25) is 10.0 Å². The number of primary sulfonamides is 1. The van der Waals surface area contributed by atoms with E-state index in [9.17, 15) is 17.2 Å². The molecule has 0 radical (unpaired) electrons. The molecule has 1 aromatic heterocycles. The lowest BCUT2D eigenvalue weighted by Gasteiger charge is -2.08. The minimum Gasteiger partial charge on any atom is -0.235 e. The Hall–Kier alpha value is -1.11. The minimum absolute atomic E-state index is 0.211. The molecule has 2 N–H and O–H groups in total. The number of aromatic nitrogens is 1. The van der Waals surface area contributed by atoms with Crippen LogP contribution in [0.1, 0.15) is 17.8 Å². The van der Waals surface area contributed by atoms with Crippen LogP contribution in [0.3, 0.4) is 0 Å². The average Bonchev–Trinajstić information content (AvgIpc) is 2.14. The van der Waals surface area contributed by atoms with Crippen LogP contribution in [0.5, 0.6) is 0 Å². The van der Waals surface area contributed by atoms with Crippen LogP contribution in [0.4, 0.5) is 8.78 Å². The molecule has 0 aliphatic carbocycles. The molecule has 9 heteroatoms. The molecule has 1 aromatic rings. The largest absolute Gasteiger partial charge is 0.281 e. The lowest BCUT2D eigenvalue weighted by Crippen LogP contribution is -2.17. The first-order valence-electron chi connectivity index (χ1n) is 3.69. The Morgan fingerprint density at radius 1 is 1.56 bits per heavy atom. The summed E-state index contributed by atoms with van der Waals surface area (Å²) in [4.78, 5) is 2.41. The zero-order valence-electron chi connectivity index (χ0n) is 7.49. The molecule has 1 rings (SSSR count). The van der Waals surface area contributed by atoms with Gasteiger partial charge in [0.1, 0.15) is 22.4 Å². The highest BCUT2D eigenvalue weighted by Gasteiger charge is 2.26. The van der Waals surface area contributed by atoms with Gasteiger partial charge < -0.3 is 0 Å². The monoisotopic (exact) mass is 311 g/mol. The summed E-state index contributed by atoms with van der Waals surface area (Å²) in [6, 6.07) is 2.54. The van der Waals surface area contributed by atoms with E-state index in [1.54, 1.807) is 0 Å². The molecule has 86 valence electrons. The minimum atomic E-state index is -4.33. The van der Waals surface area contributed by atoms with Gasteiger partial charge in [0.25, 0.3) is 6.43 Å². The standard InChI is InChI=1S/C7H4BrF2N3O2S/c8-4-1-3(2-11)13-5(7(9)10)6(4)16(12,14)15/h1,7H,(H2,12,14,15). The Morgan fingerprint density at radius 2 is 2.12 bits per heavy atom. The number of sulfonamides is 1. The van der Waals surface area contributed by atoms with Gasteiger partial charge in [-0.1, -0.05) is 0 Å². The topological polar surface area (TPSA) is 96.8 Å². The van der Waals surface area contributed by atoms with Gasteiger partial charge in [-0.2, -0.15) is 5.26 Å². The first kappa shape index (κ1) is 13.0. The van der Waals surface area contributed by atoms with E-state index in [1.165, 1.54) is 6.07 Å². The summed E-state index contributed by atoms with van der Waals surface area (Å²) in [7, 11) is -4.33. The fourth-order valence-corrected chi connectivity index (χ4v) is 2.86. The molecule has 0 fully saturated rings. The third-order valence-electron chi connectivity index (χ3n) is 1.56. The Morgan fingerprint density at radius 3 is 2.50 bits per heavy atom. The number of alkyl halides is 2. The van der Waals surface area contributed by atoms with Crippen LogP contribution >= 0.6 is 15.9 Å². The molecule has 0 unspecified atom stereocenters. The second kappa shape index (κ2) is 4.40. The summed E-state index contributed by atoms with van der Waals surface area (Å²) in [5.74, 6) is 0. The summed E-state index contributed by atoms with van der Waals surface area (Å²) in [5.41, 5.74) is -1.36. The summed E-state index contributed by atoms with van der Waals surface area (Å²) >= 11 is 2.76. The molecule has 16 heavy (non-hydrogen) atoms. The number of hydrogen-bond acceptors (Lipinski definition) is 4. The predicted molar refractivity (Wildman–Crippen MR) is 53.0 cm³/mol. The van der Waals surface area contributed by atoms with Crippen molar-refractivity contribution in [2.24, 2.45) is 5.14 Å². The molecule has 0 aliphatic rings. The van der Waals surface area contributed by atoms with Gasteiger partial charge in [-0.25, -0.2) is 27.3 Å². The van der Waals surface area contributed by atoms with Crippen molar-refractivity contribution in [3.63, 3.8) is 0 Å². The molecule has 5 nitrogen and oxygen atoms in total. The van der Waals surface area contributed by atoms with E-state index in [4.69, 9.17) is 10.4 Å². The number of halogens is 3. The number of nitrogens with zero attached hydrogens (tertiary/aromatic N) is 2. The summed E-state index contributed by atoms with van der Waals surface area (Å²) in [5, 5.41) is 13.3. The molecular weight excluding hydrogens is 308 g/mol. The van der Waals surface area contributed by atoms with Crippen molar-refractivity contribution < 1.29 is 17.2 Å². The number of nitriles is 1. The third kappa shape index (κ3) is 2.52. The summed E-state index contributed by atoms with van der Waals surface area (Å²) < 4.78 is 47.0. The lowest BCUT2D eigenvalue weighted by atomic mass is 10.3. The first-order valence-corrected chi connectivity index (χ1v) is 6.02. The molecule has 0 saturated carbocycles. The van der Waals surface area contributed by atoms with E-state index in [0.29, 0.717) is 0 Å². The Kier molecular flexibility index (Phi) is 3.57. The maximum absolute atomic E-state index is 12.5.